The Bertz CT molecular complexity index is 213. The molecular formula is C12H24N2O2. The molecule has 0 spiro atoms. The number of carbonyl (C=O) groups excluding carboxylic acids is 1. The molecule has 1 saturated heterocycles. The van der Waals surface area contributed by atoms with Gasteiger partial charge in [0.15, 0.2) is 0 Å². The Morgan fingerprint density at radius 1 is 1.56 bits per heavy atom. The van der Waals surface area contributed by atoms with Crippen molar-refractivity contribution >= 4 is 5.91 Å². The summed E-state index contributed by atoms with van der Waals surface area (Å²) in [5, 5.41) is 6.27. The van der Waals surface area contributed by atoms with E-state index in [1.54, 1.807) is 0 Å². The lowest BCUT2D eigenvalue weighted by Crippen LogP contribution is -2.48. The fraction of sp³-hybridized carbons (Fsp3) is 0.917. The highest BCUT2D eigenvalue weighted by atomic mass is 16.5. The number of ether oxygens (including phenoxy) is 1. The maximum absolute atomic E-state index is 11.9. The topological polar surface area (TPSA) is 50.4 Å². The van der Waals surface area contributed by atoms with Gasteiger partial charge in [-0.05, 0) is 32.2 Å². The molecule has 4 heteroatoms. The minimum atomic E-state index is 0.00266. The van der Waals surface area contributed by atoms with Crippen LogP contribution in [0, 0.1) is 5.92 Å². The standard InChI is InChI=1S/C12H24N2O2/c1-4-16-8-11(9(2)3)14-12(15)10-6-5-7-13-10/h9-11,13H,4-8H2,1-3H3,(H,14,15)/t10-,11?/m0/s1. The summed E-state index contributed by atoms with van der Waals surface area (Å²) in [5.74, 6) is 0.521. The zero-order chi connectivity index (χ0) is 12.0. The molecule has 1 amide bonds. The molecule has 0 aliphatic carbocycles. The summed E-state index contributed by atoms with van der Waals surface area (Å²) < 4.78 is 5.39. The third-order valence-corrected chi connectivity index (χ3v) is 3.01. The zero-order valence-electron chi connectivity index (χ0n) is 10.6. The second-order valence-electron chi connectivity index (χ2n) is 4.67. The van der Waals surface area contributed by atoms with Crippen molar-refractivity contribution in [3.63, 3.8) is 0 Å². The van der Waals surface area contributed by atoms with Crippen LogP contribution in [0.4, 0.5) is 0 Å². The lowest BCUT2D eigenvalue weighted by Gasteiger charge is -2.23. The molecular weight excluding hydrogens is 204 g/mol. The SMILES string of the molecule is CCOCC(NC(=O)[C@@H]1CCCN1)C(C)C. The summed E-state index contributed by atoms with van der Waals surface area (Å²) in [4.78, 5) is 11.9. The maximum atomic E-state index is 11.9. The highest BCUT2D eigenvalue weighted by molar-refractivity contribution is 5.82. The zero-order valence-corrected chi connectivity index (χ0v) is 10.6. The van der Waals surface area contributed by atoms with E-state index in [1.165, 1.54) is 0 Å². The Kier molecular flexibility index (Phi) is 5.77. The largest absolute Gasteiger partial charge is 0.380 e. The van der Waals surface area contributed by atoms with Gasteiger partial charge in [0, 0.05) is 6.61 Å². The van der Waals surface area contributed by atoms with Crippen molar-refractivity contribution in [1.29, 1.82) is 0 Å². The Morgan fingerprint density at radius 2 is 2.31 bits per heavy atom. The predicted octanol–water partition coefficient (Wildman–Crippen LogP) is 0.916. The molecule has 1 rings (SSSR count). The third-order valence-electron chi connectivity index (χ3n) is 3.01. The summed E-state index contributed by atoms with van der Waals surface area (Å²) in [6, 6.07) is 0.123. The first-order valence-electron chi connectivity index (χ1n) is 6.26. The van der Waals surface area contributed by atoms with Crippen LogP contribution < -0.4 is 10.6 Å². The first kappa shape index (κ1) is 13.5. The van der Waals surface area contributed by atoms with Crippen LogP contribution in [0.1, 0.15) is 33.6 Å². The van der Waals surface area contributed by atoms with Gasteiger partial charge in [-0.15, -0.1) is 0 Å². The molecule has 4 nitrogen and oxygen atoms in total. The quantitative estimate of drug-likeness (QED) is 0.710. The van der Waals surface area contributed by atoms with Crippen LogP contribution >= 0.6 is 0 Å². The highest BCUT2D eigenvalue weighted by Gasteiger charge is 2.25. The number of hydrogen-bond acceptors (Lipinski definition) is 3. The fourth-order valence-electron chi connectivity index (χ4n) is 1.84. The summed E-state index contributed by atoms with van der Waals surface area (Å²) in [6.07, 6.45) is 2.04. The molecule has 2 N–H and O–H groups in total. The van der Waals surface area contributed by atoms with E-state index in [0.29, 0.717) is 19.1 Å². The first-order valence-corrected chi connectivity index (χ1v) is 6.26. The number of hydrogen-bond donors (Lipinski definition) is 2. The van der Waals surface area contributed by atoms with Gasteiger partial charge >= 0.3 is 0 Å². The van der Waals surface area contributed by atoms with E-state index in [2.05, 4.69) is 24.5 Å². The van der Waals surface area contributed by atoms with Crippen molar-refractivity contribution < 1.29 is 9.53 Å². The summed E-state index contributed by atoms with van der Waals surface area (Å²) in [7, 11) is 0. The van der Waals surface area contributed by atoms with Crippen LogP contribution in [0.25, 0.3) is 0 Å². The molecule has 0 aromatic rings. The van der Waals surface area contributed by atoms with E-state index in [0.717, 1.165) is 19.4 Å². The number of carbonyl (C=O) groups is 1. The molecule has 1 aliphatic heterocycles. The minimum absolute atomic E-state index is 0.00266. The van der Waals surface area contributed by atoms with Gasteiger partial charge in [0.1, 0.15) is 0 Å². The van der Waals surface area contributed by atoms with Crippen molar-refractivity contribution in [3.05, 3.63) is 0 Å². The van der Waals surface area contributed by atoms with Gasteiger partial charge in [0.25, 0.3) is 0 Å². The van der Waals surface area contributed by atoms with Crippen LogP contribution in [-0.2, 0) is 9.53 Å². The fourth-order valence-corrected chi connectivity index (χ4v) is 1.84. The minimum Gasteiger partial charge on any atom is -0.380 e. The number of amides is 1. The average molecular weight is 228 g/mol. The van der Waals surface area contributed by atoms with Crippen LogP contribution in [-0.4, -0.2) is 37.7 Å². The molecule has 0 radical (unpaired) electrons. The van der Waals surface area contributed by atoms with Crippen molar-refractivity contribution in [2.24, 2.45) is 5.92 Å². The van der Waals surface area contributed by atoms with E-state index in [-0.39, 0.29) is 18.0 Å². The number of nitrogens with one attached hydrogen (secondary N) is 2. The van der Waals surface area contributed by atoms with Gasteiger partial charge in [0.2, 0.25) is 5.91 Å². The van der Waals surface area contributed by atoms with Crippen LogP contribution in [0.3, 0.4) is 0 Å². The molecule has 16 heavy (non-hydrogen) atoms. The summed E-state index contributed by atoms with van der Waals surface area (Å²) >= 11 is 0. The molecule has 0 bridgehead atoms. The maximum Gasteiger partial charge on any atom is 0.237 e. The van der Waals surface area contributed by atoms with Crippen molar-refractivity contribution in [2.45, 2.75) is 45.7 Å². The Labute approximate surface area is 98.1 Å². The third kappa shape index (κ3) is 4.10. The van der Waals surface area contributed by atoms with Gasteiger partial charge in [0.05, 0.1) is 18.7 Å². The molecule has 1 aliphatic rings. The summed E-state index contributed by atoms with van der Waals surface area (Å²) in [6.45, 7) is 8.43. The average Bonchev–Trinajstić information content (AvgIpc) is 2.76. The van der Waals surface area contributed by atoms with Gasteiger partial charge in [-0.25, -0.2) is 0 Å². The first-order chi connectivity index (χ1) is 7.65. The number of rotatable bonds is 6. The van der Waals surface area contributed by atoms with E-state index in [4.69, 9.17) is 4.74 Å². The van der Waals surface area contributed by atoms with E-state index in [9.17, 15) is 4.79 Å². The second-order valence-corrected chi connectivity index (χ2v) is 4.67. The highest BCUT2D eigenvalue weighted by Crippen LogP contribution is 2.07. The molecule has 94 valence electrons. The molecule has 0 aromatic carbocycles. The van der Waals surface area contributed by atoms with Gasteiger partial charge in [-0.1, -0.05) is 13.8 Å². The normalized spacial score (nSPS) is 22.4. The van der Waals surface area contributed by atoms with E-state index in [1.807, 2.05) is 6.92 Å². The molecule has 2 atom stereocenters. The Hall–Kier alpha value is -0.610. The molecule has 1 heterocycles. The lowest BCUT2D eigenvalue weighted by atomic mass is 10.0. The molecule has 0 saturated carbocycles. The molecule has 0 aromatic heterocycles. The predicted molar refractivity (Wildman–Crippen MR) is 64.3 cm³/mol. The van der Waals surface area contributed by atoms with Gasteiger partial charge < -0.3 is 15.4 Å². The van der Waals surface area contributed by atoms with E-state index < -0.39 is 0 Å². The van der Waals surface area contributed by atoms with Crippen LogP contribution in [0.2, 0.25) is 0 Å². The van der Waals surface area contributed by atoms with Gasteiger partial charge in [-0.3, -0.25) is 4.79 Å². The van der Waals surface area contributed by atoms with Gasteiger partial charge in [-0.2, -0.15) is 0 Å². The lowest BCUT2D eigenvalue weighted by molar-refractivity contribution is -0.124. The monoisotopic (exact) mass is 228 g/mol. The molecule has 1 unspecified atom stereocenters. The van der Waals surface area contributed by atoms with Crippen molar-refractivity contribution in [1.82, 2.24) is 10.6 Å². The second kappa shape index (κ2) is 6.86. The molecule has 1 fully saturated rings. The Balaban J connectivity index is 2.37. The summed E-state index contributed by atoms with van der Waals surface area (Å²) in [5.41, 5.74) is 0. The van der Waals surface area contributed by atoms with E-state index >= 15 is 0 Å². The van der Waals surface area contributed by atoms with Crippen LogP contribution in [0.15, 0.2) is 0 Å². The van der Waals surface area contributed by atoms with Crippen LogP contribution in [0.5, 0.6) is 0 Å². The van der Waals surface area contributed by atoms with Crippen molar-refractivity contribution in [3.8, 4) is 0 Å². The van der Waals surface area contributed by atoms with Crippen molar-refractivity contribution in [2.75, 3.05) is 19.8 Å². The smallest absolute Gasteiger partial charge is 0.237 e. The Morgan fingerprint density at radius 3 is 2.81 bits per heavy atom.